The topological polar surface area (TPSA) is 45.5 Å². The van der Waals surface area contributed by atoms with Crippen molar-refractivity contribution in [2.45, 2.75) is 43.9 Å². The highest BCUT2D eigenvalue weighted by Crippen LogP contribution is 2.34. The quantitative estimate of drug-likeness (QED) is 0.798. The van der Waals surface area contributed by atoms with Gasteiger partial charge in [-0.1, -0.05) is 6.07 Å². The summed E-state index contributed by atoms with van der Waals surface area (Å²) in [5.74, 6) is -0.273. The number of fused-ring (bicyclic) bond motifs is 1. The number of hydrogen-bond acceptors (Lipinski definition) is 4. The normalized spacial score (nSPS) is 27.5. The first kappa shape index (κ1) is 14.2. The van der Waals surface area contributed by atoms with Crippen molar-refractivity contribution in [3.05, 3.63) is 34.9 Å². The lowest BCUT2D eigenvalue weighted by Crippen LogP contribution is -2.50. The molecular formula is C18H22N2O2. The molecule has 3 aliphatic rings. The third-order valence-electron chi connectivity index (χ3n) is 5.43. The van der Waals surface area contributed by atoms with Crippen molar-refractivity contribution < 1.29 is 9.47 Å². The van der Waals surface area contributed by atoms with Gasteiger partial charge in [-0.15, -0.1) is 0 Å². The second-order valence-electron chi connectivity index (χ2n) is 6.64. The molecule has 4 rings (SSSR count). The maximum atomic E-state index is 9.01. The van der Waals surface area contributed by atoms with Crippen molar-refractivity contribution in [2.75, 3.05) is 26.3 Å². The molecule has 1 aromatic rings. The van der Waals surface area contributed by atoms with Gasteiger partial charge in [-0.3, -0.25) is 4.90 Å². The predicted molar refractivity (Wildman–Crippen MR) is 82.4 cm³/mol. The van der Waals surface area contributed by atoms with Crippen molar-refractivity contribution >= 4 is 0 Å². The zero-order valence-corrected chi connectivity index (χ0v) is 12.9. The molecule has 116 valence electrons. The standard InChI is InChI=1S/C18H22N2O2/c19-13-14-1-2-16-12-17(4-3-15(16)11-14)20-7-5-18(6-8-20)21-9-10-22-18/h1-2,11,17H,3-10,12H2/t17-/m1/s1. The maximum Gasteiger partial charge on any atom is 0.170 e. The Morgan fingerprint density at radius 1 is 1.14 bits per heavy atom. The molecule has 0 amide bonds. The third-order valence-corrected chi connectivity index (χ3v) is 5.43. The van der Waals surface area contributed by atoms with Gasteiger partial charge in [-0.2, -0.15) is 5.26 Å². The summed E-state index contributed by atoms with van der Waals surface area (Å²) in [6.07, 6.45) is 5.37. The molecule has 1 spiro atoms. The van der Waals surface area contributed by atoms with Crippen molar-refractivity contribution in [3.8, 4) is 6.07 Å². The maximum absolute atomic E-state index is 9.01. The van der Waals surface area contributed by atoms with E-state index in [1.54, 1.807) is 0 Å². The van der Waals surface area contributed by atoms with E-state index in [-0.39, 0.29) is 5.79 Å². The number of aryl methyl sites for hydroxylation is 1. The van der Waals surface area contributed by atoms with Crippen LogP contribution in [-0.2, 0) is 22.3 Å². The summed E-state index contributed by atoms with van der Waals surface area (Å²) < 4.78 is 11.6. The molecule has 0 saturated carbocycles. The molecule has 2 fully saturated rings. The fraction of sp³-hybridized carbons (Fsp3) is 0.611. The van der Waals surface area contributed by atoms with Gasteiger partial charge < -0.3 is 9.47 Å². The Hall–Kier alpha value is -1.41. The Bertz CT molecular complexity index is 592. The van der Waals surface area contributed by atoms with Crippen LogP contribution in [0.4, 0.5) is 0 Å². The van der Waals surface area contributed by atoms with Gasteiger partial charge in [-0.25, -0.2) is 0 Å². The molecule has 4 nitrogen and oxygen atoms in total. The molecule has 2 aliphatic heterocycles. The van der Waals surface area contributed by atoms with E-state index in [1.165, 1.54) is 17.5 Å². The van der Waals surface area contributed by atoms with Gasteiger partial charge in [0.1, 0.15) is 0 Å². The molecule has 4 heteroatoms. The zero-order valence-electron chi connectivity index (χ0n) is 12.9. The molecule has 2 saturated heterocycles. The average molecular weight is 298 g/mol. The first-order valence-electron chi connectivity index (χ1n) is 8.32. The minimum atomic E-state index is -0.273. The van der Waals surface area contributed by atoms with Crippen LogP contribution in [0.1, 0.15) is 36.0 Å². The van der Waals surface area contributed by atoms with Gasteiger partial charge in [0.25, 0.3) is 0 Å². The number of nitriles is 1. The van der Waals surface area contributed by atoms with Crippen LogP contribution >= 0.6 is 0 Å². The fourth-order valence-corrected chi connectivity index (χ4v) is 4.13. The molecule has 1 aliphatic carbocycles. The number of piperidine rings is 1. The number of ether oxygens (including phenoxy) is 2. The van der Waals surface area contributed by atoms with Crippen molar-refractivity contribution in [3.63, 3.8) is 0 Å². The predicted octanol–water partition coefficient (Wildman–Crippen LogP) is 2.25. The number of hydrogen-bond donors (Lipinski definition) is 0. The van der Waals surface area contributed by atoms with Crippen molar-refractivity contribution in [1.82, 2.24) is 4.90 Å². The zero-order chi connectivity index (χ0) is 15.0. The molecule has 2 heterocycles. The molecule has 1 aromatic carbocycles. The van der Waals surface area contributed by atoms with Crippen LogP contribution in [0.25, 0.3) is 0 Å². The Morgan fingerprint density at radius 3 is 2.64 bits per heavy atom. The Morgan fingerprint density at radius 2 is 1.91 bits per heavy atom. The summed E-state index contributed by atoms with van der Waals surface area (Å²) >= 11 is 0. The highest BCUT2D eigenvalue weighted by atomic mass is 16.7. The van der Waals surface area contributed by atoms with Crippen LogP contribution in [0.5, 0.6) is 0 Å². The lowest BCUT2D eigenvalue weighted by molar-refractivity contribution is -0.188. The molecular weight excluding hydrogens is 276 g/mol. The van der Waals surface area contributed by atoms with Gasteiger partial charge in [0.15, 0.2) is 5.79 Å². The van der Waals surface area contributed by atoms with E-state index in [0.717, 1.165) is 57.6 Å². The molecule has 0 N–H and O–H groups in total. The van der Waals surface area contributed by atoms with E-state index in [0.29, 0.717) is 6.04 Å². The summed E-state index contributed by atoms with van der Waals surface area (Å²) in [6, 6.07) is 9.03. The second-order valence-corrected chi connectivity index (χ2v) is 6.64. The summed E-state index contributed by atoms with van der Waals surface area (Å²) in [6.45, 7) is 3.63. The number of likely N-dealkylation sites (tertiary alicyclic amines) is 1. The van der Waals surface area contributed by atoms with E-state index in [4.69, 9.17) is 14.7 Å². The summed E-state index contributed by atoms with van der Waals surface area (Å²) in [5.41, 5.74) is 3.57. The van der Waals surface area contributed by atoms with E-state index >= 15 is 0 Å². The first-order chi connectivity index (χ1) is 10.8. The van der Waals surface area contributed by atoms with Crippen molar-refractivity contribution in [1.29, 1.82) is 5.26 Å². The molecule has 0 unspecified atom stereocenters. The Balaban J connectivity index is 1.42. The van der Waals surface area contributed by atoms with Crippen LogP contribution in [0.2, 0.25) is 0 Å². The SMILES string of the molecule is N#Cc1ccc2c(c1)CC[C@@H](N1CCC3(CC1)OCCO3)C2. The van der Waals surface area contributed by atoms with Gasteiger partial charge in [0.05, 0.1) is 24.8 Å². The summed E-state index contributed by atoms with van der Waals surface area (Å²) in [7, 11) is 0. The van der Waals surface area contributed by atoms with Crippen LogP contribution in [0.15, 0.2) is 18.2 Å². The van der Waals surface area contributed by atoms with Crippen molar-refractivity contribution in [2.24, 2.45) is 0 Å². The second kappa shape index (κ2) is 5.66. The van der Waals surface area contributed by atoms with Crippen LogP contribution in [0.3, 0.4) is 0 Å². The van der Waals surface area contributed by atoms with Crippen LogP contribution in [-0.4, -0.2) is 43.0 Å². The Labute approximate surface area is 131 Å². The highest BCUT2D eigenvalue weighted by molar-refractivity contribution is 5.40. The highest BCUT2D eigenvalue weighted by Gasteiger charge is 2.41. The van der Waals surface area contributed by atoms with E-state index in [9.17, 15) is 0 Å². The summed E-state index contributed by atoms with van der Waals surface area (Å²) in [5, 5.41) is 9.01. The van der Waals surface area contributed by atoms with Crippen LogP contribution < -0.4 is 0 Å². The molecule has 0 bridgehead atoms. The van der Waals surface area contributed by atoms with E-state index < -0.39 is 0 Å². The van der Waals surface area contributed by atoms with E-state index in [1.807, 2.05) is 6.07 Å². The van der Waals surface area contributed by atoms with Gasteiger partial charge in [0, 0.05) is 32.0 Å². The lowest BCUT2D eigenvalue weighted by atomic mass is 9.85. The third kappa shape index (κ3) is 2.54. The van der Waals surface area contributed by atoms with Gasteiger partial charge in [-0.05, 0) is 42.5 Å². The summed E-state index contributed by atoms with van der Waals surface area (Å²) in [4.78, 5) is 2.61. The van der Waals surface area contributed by atoms with Gasteiger partial charge >= 0.3 is 0 Å². The van der Waals surface area contributed by atoms with Gasteiger partial charge in [0.2, 0.25) is 0 Å². The molecule has 0 radical (unpaired) electrons. The monoisotopic (exact) mass is 298 g/mol. The van der Waals surface area contributed by atoms with E-state index in [2.05, 4.69) is 23.1 Å². The minimum Gasteiger partial charge on any atom is -0.347 e. The fourth-order valence-electron chi connectivity index (χ4n) is 4.13. The largest absolute Gasteiger partial charge is 0.347 e. The Kier molecular flexibility index (Phi) is 3.65. The smallest absolute Gasteiger partial charge is 0.170 e. The van der Waals surface area contributed by atoms with Crippen LogP contribution in [0, 0.1) is 11.3 Å². The lowest BCUT2D eigenvalue weighted by Gasteiger charge is -2.42. The number of nitrogens with zero attached hydrogens (tertiary/aromatic N) is 2. The average Bonchev–Trinajstić information content (AvgIpc) is 3.03. The first-order valence-corrected chi connectivity index (χ1v) is 8.32. The number of benzene rings is 1. The molecule has 1 atom stereocenters. The minimum absolute atomic E-state index is 0.273. The molecule has 0 aromatic heterocycles. The molecule has 22 heavy (non-hydrogen) atoms. The number of rotatable bonds is 1.